The minimum Gasteiger partial charge on any atom is -0.321 e. The van der Waals surface area contributed by atoms with Crippen LogP contribution in [0.5, 0.6) is 0 Å². The first kappa shape index (κ1) is 20.6. The van der Waals surface area contributed by atoms with Crippen LogP contribution in [0, 0.1) is 0 Å². The van der Waals surface area contributed by atoms with E-state index in [4.69, 9.17) is 0 Å². The first-order chi connectivity index (χ1) is 13.2. The van der Waals surface area contributed by atoms with Gasteiger partial charge in [0.1, 0.15) is 6.54 Å². The van der Waals surface area contributed by atoms with Crippen LogP contribution in [-0.4, -0.2) is 33.2 Å². The molecule has 2 aromatic rings. The van der Waals surface area contributed by atoms with Crippen LogP contribution in [0.15, 0.2) is 53.4 Å². The fraction of sp³-hybridized carbons (Fsp3) is 0.409. The highest BCUT2D eigenvalue weighted by Crippen LogP contribution is 2.21. The molecule has 1 amide bonds. The van der Waals surface area contributed by atoms with Crippen LogP contribution >= 0.6 is 0 Å². The highest BCUT2D eigenvalue weighted by atomic mass is 32.2. The molecule has 0 saturated heterocycles. The van der Waals surface area contributed by atoms with Crippen molar-refractivity contribution in [3.8, 4) is 0 Å². The second-order valence-corrected chi connectivity index (χ2v) is 9.98. The van der Waals surface area contributed by atoms with Gasteiger partial charge in [-0.15, -0.1) is 0 Å². The second-order valence-electron chi connectivity index (χ2n) is 8.00. The smallest absolute Gasteiger partial charge is 0.279 e. The van der Waals surface area contributed by atoms with Crippen molar-refractivity contribution in [3.05, 3.63) is 59.7 Å². The first-order valence-electron chi connectivity index (χ1n) is 9.76. The van der Waals surface area contributed by atoms with Gasteiger partial charge < -0.3 is 10.2 Å². The van der Waals surface area contributed by atoms with Crippen LogP contribution in [0.25, 0.3) is 0 Å². The summed E-state index contributed by atoms with van der Waals surface area (Å²) in [6.45, 7) is 5.48. The van der Waals surface area contributed by atoms with Crippen molar-refractivity contribution in [2.24, 2.45) is 0 Å². The molecule has 1 aliphatic rings. The molecule has 1 atom stereocenters. The fourth-order valence-corrected chi connectivity index (χ4v) is 4.26. The number of hydrogen-bond acceptors (Lipinski definition) is 3. The quantitative estimate of drug-likeness (QED) is 0.714. The van der Waals surface area contributed by atoms with Crippen LogP contribution in [0.3, 0.4) is 0 Å². The van der Waals surface area contributed by atoms with Crippen molar-refractivity contribution < 1.29 is 18.1 Å². The highest BCUT2D eigenvalue weighted by Gasteiger charge is 2.34. The number of para-hydroxylation sites is 1. The summed E-state index contributed by atoms with van der Waals surface area (Å²) in [5, 5.41) is 2.80. The number of nitrogens with one attached hydrogen (secondary N) is 2. The number of anilines is 1. The van der Waals surface area contributed by atoms with Crippen LogP contribution in [0.2, 0.25) is 0 Å². The van der Waals surface area contributed by atoms with Gasteiger partial charge in [-0.1, -0.05) is 50.2 Å². The number of hydrogen-bond donors (Lipinski definition) is 2. The Bertz CT molecular complexity index is 933. The van der Waals surface area contributed by atoms with Gasteiger partial charge in [-0.25, -0.2) is 8.42 Å². The first-order valence-corrected chi connectivity index (χ1v) is 11.7. The molecule has 1 unspecified atom stereocenters. The normalized spacial score (nSPS) is 15.4. The second kappa shape index (κ2) is 8.45. The molecule has 2 N–H and O–H groups in total. The molecule has 5 nitrogen and oxygen atoms in total. The van der Waals surface area contributed by atoms with Crippen molar-refractivity contribution in [1.82, 2.24) is 0 Å². The summed E-state index contributed by atoms with van der Waals surface area (Å²) in [6.07, 6.45) is 3.42. The molecular formula is C22H29N2O3S+. The van der Waals surface area contributed by atoms with Gasteiger partial charge in [0.15, 0.2) is 16.4 Å². The Labute approximate surface area is 167 Å². The largest absolute Gasteiger partial charge is 0.321 e. The summed E-state index contributed by atoms with van der Waals surface area (Å²) in [5.41, 5.74) is 2.88. The van der Waals surface area contributed by atoms with Crippen LogP contribution < -0.4 is 10.2 Å². The Morgan fingerprint density at radius 2 is 1.75 bits per heavy atom. The molecule has 1 saturated carbocycles. The lowest BCUT2D eigenvalue weighted by atomic mass is 10.0. The number of quaternary nitrogens is 1. The lowest BCUT2D eigenvalue weighted by Crippen LogP contribution is -3.13. The third-order valence-corrected chi connectivity index (χ3v) is 6.34. The van der Waals surface area contributed by atoms with E-state index in [1.807, 2.05) is 0 Å². The number of sulfone groups is 1. The lowest BCUT2D eigenvalue weighted by Gasteiger charge is -2.19. The fourth-order valence-electron chi connectivity index (χ4n) is 3.42. The summed E-state index contributed by atoms with van der Waals surface area (Å²) < 4.78 is 23.9. The molecule has 1 fully saturated rings. The summed E-state index contributed by atoms with van der Waals surface area (Å²) in [6, 6.07) is 15.7. The molecule has 6 heteroatoms. The molecule has 2 aromatic carbocycles. The molecule has 150 valence electrons. The number of carbonyl (C=O) groups excluding carboxylic acids is 1. The summed E-state index contributed by atoms with van der Waals surface area (Å²) in [4.78, 5) is 14.0. The van der Waals surface area contributed by atoms with Crippen LogP contribution in [0.1, 0.15) is 43.7 Å². The van der Waals surface area contributed by atoms with Gasteiger partial charge in [0.25, 0.3) is 5.91 Å². The third kappa shape index (κ3) is 5.42. The number of amides is 1. The van der Waals surface area contributed by atoms with E-state index in [1.165, 1.54) is 22.1 Å². The molecule has 1 aliphatic carbocycles. The van der Waals surface area contributed by atoms with Crippen molar-refractivity contribution in [2.75, 3.05) is 18.1 Å². The van der Waals surface area contributed by atoms with Gasteiger partial charge in [-0.3, -0.25) is 4.79 Å². The number of benzene rings is 2. The predicted molar refractivity (Wildman–Crippen MR) is 111 cm³/mol. The van der Waals surface area contributed by atoms with Crippen molar-refractivity contribution in [1.29, 1.82) is 0 Å². The molecule has 0 aromatic heterocycles. The van der Waals surface area contributed by atoms with Crippen LogP contribution in [-0.2, 0) is 21.2 Å². The zero-order chi connectivity index (χ0) is 20.3. The number of rotatable bonds is 8. The van der Waals surface area contributed by atoms with E-state index >= 15 is 0 Å². The minimum atomic E-state index is -3.39. The SMILES string of the molecule is CC(C)c1ccc(C[NH+](CC(=O)Nc2ccccc2S(C)(=O)=O)C2CC2)cc1. The molecule has 0 aliphatic heterocycles. The minimum absolute atomic E-state index is 0.153. The van der Waals surface area contributed by atoms with E-state index in [0.29, 0.717) is 24.2 Å². The van der Waals surface area contributed by atoms with E-state index in [2.05, 4.69) is 43.4 Å². The molecular weight excluding hydrogens is 372 g/mol. The molecule has 3 rings (SSSR count). The van der Waals surface area contributed by atoms with Crippen molar-refractivity contribution in [2.45, 2.75) is 50.1 Å². The van der Waals surface area contributed by atoms with E-state index in [0.717, 1.165) is 25.6 Å². The molecule has 0 bridgehead atoms. The average molecular weight is 402 g/mol. The van der Waals surface area contributed by atoms with E-state index in [-0.39, 0.29) is 10.8 Å². The van der Waals surface area contributed by atoms with Gasteiger partial charge in [0, 0.05) is 24.7 Å². The Kier molecular flexibility index (Phi) is 6.20. The lowest BCUT2D eigenvalue weighted by molar-refractivity contribution is -0.916. The van der Waals surface area contributed by atoms with Crippen LogP contribution in [0.4, 0.5) is 5.69 Å². The summed E-state index contributed by atoms with van der Waals surface area (Å²) in [7, 11) is -3.39. The summed E-state index contributed by atoms with van der Waals surface area (Å²) in [5.74, 6) is 0.346. The average Bonchev–Trinajstić information content (AvgIpc) is 3.46. The summed E-state index contributed by atoms with van der Waals surface area (Å²) >= 11 is 0. The third-order valence-electron chi connectivity index (χ3n) is 5.18. The van der Waals surface area contributed by atoms with E-state index in [1.54, 1.807) is 18.2 Å². The Morgan fingerprint density at radius 1 is 1.11 bits per heavy atom. The Balaban J connectivity index is 1.67. The molecule has 0 heterocycles. The Hall–Kier alpha value is -2.18. The van der Waals surface area contributed by atoms with Gasteiger partial charge >= 0.3 is 0 Å². The zero-order valence-electron chi connectivity index (χ0n) is 16.7. The standard InChI is InChI=1S/C22H28N2O3S/c1-16(2)18-10-8-17(9-11-18)14-24(19-12-13-19)15-22(25)23-20-6-4-5-7-21(20)28(3,26)27/h4-11,16,19H,12-15H2,1-3H3,(H,23,25)/p+1. The van der Waals surface area contributed by atoms with Crippen molar-refractivity contribution in [3.63, 3.8) is 0 Å². The molecule has 0 spiro atoms. The topological polar surface area (TPSA) is 67.7 Å². The molecule has 0 radical (unpaired) electrons. The predicted octanol–water partition coefficient (Wildman–Crippen LogP) is 2.40. The van der Waals surface area contributed by atoms with E-state index < -0.39 is 9.84 Å². The maximum Gasteiger partial charge on any atom is 0.279 e. The maximum atomic E-state index is 12.6. The zero-order valence-corrected chi connectivity index (χ0v) is 17.6. The molecule has 28 heavy (non-hydrogen) atoms. The van der Waals surface area contributed by atoms with Crippen molar-refractivity contribution >= 4 is 21.4 Å². The Morgan fingerprint density at radius 3 is 2.32 bits per heavy atom. The van der Waals surface area contributed by atoms with Gasteiger partial charge in [0.05, 0.1) is 16.6 Å². The monoisotopic (exact) mass is 401 g/mol. The highest BCUT2D eigenvalue weighted by molar-refractivity contribution is 7.90. The number of carbonyl (C=O) groups is 1. The van der Waals surface area contributed by atoms with E-state index in [9.17, 15) is 13.2 Å². The maximum absolute atomic E-state index is 12.6. The van der Waals surface area contributed by atoms with Gasteiger partial charge in [0.2, 0.25) is 0 Å². The van der Waals surface area contributed by atoms with Gasteiger partial charge in [-0.2, -0.15) is 0 Å². The van der Waals surface area contributed by atoms with Gasteiger partial charge in [-0.05, 0) is 23.6 Å².